The smallest absolute Gasteiger partial charge is 0.124 e. The summed E-state index contributed by atoms with van der Waals surface area (Å²) in [5, 5.41) is 14.4. The molecule has 4 aromatic rings. The second-order valence-corrected chi connectivity index (χ2v) is 10.3. The molecule has 9 heteroatoms. The third-order valence-electron chi connectivity index (χ3n) is 6.92. The number of benzene rings is 1. The molecule has 0 saturated carbocycles. The highest BCUT2D eigenvalue weighted by atomic mass is 35.5. The summed E-state index contributed by atoms with van der Waals surface area (Å²) in [7, 11) is 0. The Morgan fingerprint density at radius 1 is 1.11 bits per heavy atom. The number of piperidine rings is 1. The van der Waals surface area contributed by atoms with Crippen LogP contribution in [0, 0.1) is 6.92 Å². The molecule has 1 N–H and O–H groups in total. The number of aromatic amines is 1. The van der Waals surface area contributed by atoms with E-state index in [9.17, 15) is 0 Å². The molecule has 0 bridgehead atoms. The summed E-state index contributed by atoms with van der Waals surface area (Å²) < 4.78 is 8.35. The standard InChI is InChI=1S/C26H30Cl2N6O/c1-15(2)33-9-7-19(8-10-33)34-14-18(12-30-34)26-21-11-20(5-6-23(21)31-32-26)35-17(4)24-22(27)13-29-16(3)25(24)28/h5-6,11-15,17,19H,7-10H2,1-4H3,(H,31,32)/t17-/m1/s1. The molecule has 0 spiro atoms. The lowest BCUT2D eigenvalue weighted by Gasteiger charge is -2.34. The van der Waals surface area contributed by atoms with Crippen LogP contribution in [-0.4, -0.2) is 49.0 Å². The number of hydrogen-bond acceptors (Lipinski definition) is 5. The maximum atomic E-state index is 6.48. The van der Waals surface area contributed by atoms with E-state index in [1.54, 1.807) is 6.20 Å². The van der Waals surface area contributed by atoms with E-state index < -0.39 is 0 Å². The predicted molar refractivity (Wildman–Crippen MR) is 140 cm³/mol. The lowest BCUT2D eigenvalue weighted by atomic mass is 10.0. The topological polar surface area (TPSA) is 71.9 Å². The van der Waals surface area contributed by atoms with Crippen LogP contribution in [0.25, 0.3) is 22.2 Å². The minimum absolute atomic E-state index is 0.344. The normalized spacial score (nSPS) is 16.3. The van der Waals surface area contributed by atoms with E-state index in [-0.39, 0.29) is 6.10 Å². The van der Waals surface area contributed by atoms with Gasteiger partial charge in [-0.2, -0.15) is 10.2 Å². The highest BCUT2D eigenvalue weighted by molar-refractivity contribution is 6.36. The van der Waals surface area contributed by atoms with E-state index in [4.69, 9.17) is 27.9 Å². The average molecular weight is 513 g/mol. The average Bonchev–Trinajstić information content (AvgIpc) is 3.49. The van der Waals surface area contributed by atoms with Crippen LogP contribution in [0.5, 0.6) is 5.75 Å². The molecule has 0 aliphatic carbocycles. The van der Waals surface area contributed by atoms with Crippen molar-refractivity contribution in [1.29, 1.82) is 0 Å². The molecule has 184 valence electrons. The Labute approximate surface area is 215 Å². The molecule has 4 heterocycles. The summed E-state index contributed by atoms with van der Waals surface area (Å²) in [6, 6.07) is 6.90. The van der Waals surface area contributed by atoms with Gasteiger partial charge in [-0.25, -0.2) is 0 Å². The van der Waals surface area contributed by atoms with Crippen molar-refractivity contribution < 1.29 is 4.74 Å². The number of rotatable bonds is 6. The van der Waals surface area contributed by atoms with Crippen LogP contribution in [0.15, 0.2) is 36.8 Å². The number of ether oxygens (including phenoxy) is 1. The van der Waals surface area contributed by atoms with Crippen molar-refractivity contribution in [3.63, 3.8) is 0 Å². The van der Waals surface area contributed by atoms with E-state index in [1.165, 1.54) is 0 Å². The van der Waals surface area contributed by atoms with Gasteiger partial charge in [0.05, 0.1) is 33.5 Å². The second kappa shape index (κ2) is 9.80. The third kappa shape index (κ3) is 4.77. The number of likely N-dealkylation sites (tertiary alicyclic amines) is 1. The summed E-state index contributed by atoms with van der Waals surface area (Å²) in [6.07, 6.45) is 7.50. The second-order valence-electron chi connectivity index (χ2n) is 9.53. The fourth-order valence-electron chi connectivity index (χ4n) is 4.83. The zero-order valence-corrected chi connectivity index (χ0v) is 21.9. The molecule has 1 atom stereocenters. The van der Waals surface area contributed by atoms with Gasteiger partial charge in [0, 0.05) is 48.0 Å². The Bertz CT molecular complexity index is 1340. The highest BCUT2D eigenvalue weighted by Gasteiger charge is 2.23. The van der Waals surface area contributed by atoms with Gasteiger partial charge in [-0.05, 0) is 58.7 Å². The number of hydrogen-bond donors (Lipinski definition) is 1. The first-order chi connectivity index (χ1) is 16.8. The van der Waals surface area contributed by atoms with Crippen LogP contribution in [-0.2, 0) is 0 Å². The minimum Gasteiger partial charge on any atom is -0.486 e. The molecule has 35 heavy (non-hydrogen) atoms. The fraction of sp³-hybridized carbons (Fsp3) is 0.423. The molecule has 3 aromatic heterocycles. The lowest BCUT2D eigenvalue weighted by molar-refractivity contribution is 0.147. The van der Waals surface area contributed by atoms with Crippen molar-refractivity contribution in [3.05, 3.63) is 58.1 Å². The number of halogens is 2. The Balaban J connectivity index is 1.38. The number of nitrogens with one attached hydrogen (secondary N) is 1. The number of aromatic nitrogens is 5. The Morgan fingerprint density at radius 2 is 1.89 bits per heavy atom. The highest BCUT2D eigenvalue weighted by Crippen LogP contribution is 2.36. The Morgan fingerprint density at radius 3 is 2.63 bits per heavy atom. The van der Waals surface area contributed by atoms with Crippen molar-refractivity contribution in [2.75, 3.05) is 13.1 Å². The van der Waals surface area contributed by atoms with E-state index in [2.05, 4.69) is 49.9 Å². The summed E-state index contributed by atoms with van der Waals surface area (Å²) in [6.45, 7) is 10.5. The first-order valence-electron chi connectivity index (χ1n) is 12.1. The lowest BCUT2D eigenvalue weighted by Crippen LogP contribution is -2.39. The Hall–Kier alpha value is -2.61. The van der Waals surface area contributed by atoms with Gasteiger partial charge in [-0.3, -0.25) is 14.8 Å². The zero-order chi connectivity index (χ0) is 24.7. The first-order valence-corrected chi connectivity index (χ1v) is 12.8. The van der Waals surface area contributed by atoms with Crippen molar-refractivity contribution >= 4 is 34.1 Å². The van der Waals surface area contributed by atoms with Crippen molar-refractivity contribution in [2.24, 2.45) is 0 Å². The molecule has 1 fully saturated rings. The first kappa shape index (κ1) is 24.1. The maximum Gasteiger partial charge on any atom is 0.124 e. The Kier molecular flexibility index (Phi) is 6.75. The SMILES string of the molecule is Cc1ncc(Cl)c([C@@H](C)Oc2ccc3[nH]nc(-c4cnn(C5CCN(C(C)C)CC5)c4)c3c2)c1Cl. The maximum absolute atomic E-state index is 6.48. The zero-order valence-electron chi connectivity index (χ0n) is 20.4. The van der Waals surface area contributed by atoms with Crippen LogP contribution >= 0.6 is 23.2 Å². The monoisotopic (exact) mass is 512 g/mol. The van der Waals surface area contributed by atoms with Crippen molar-refractivity contribution in [1.82, 2.24) is 29.9 Å². The number of aryl methyl sites for hydroxylation is 1. The summed E-state index contributed by atoms with van der Waals surface area (Å²) in [5.74, 6) is 0.711. The summed E-state index contributed by atoms with van der Waals surface area (Å²) in [5.41, 5.74) is 4.25. The molecule has 5 rings (SSSR count). The van der Waals surface area contributed by atoms with Gasteiger partial charge >= 0.3 is 0 Å². The molecule has 1 saturated heterocycles. The summed E-state index contributed by atoms with van der Waals surface area (Å²) >= 11 is 12.9. The van der Waals surface area contributed by atoms with E-state index in [0.717, 1.165) is 59.3 Å². The van der Waals surface area contributed by atoms with Crippen LogP contribution in [0.3, 0.4) is 0 Å². The van der Waals surface area contributed by atoms with Crippen LogP contribution in [0.1, 0.15) is 57.0 Å². The van der Waals surface area contributed by atoms with Crippen molar-refractivity contribution in [3.8, 4) is 17.0 Å². The molecule has 0 amide bonds. The van der Waals surface area contributed by atoms with E-state index >= 15 is 0 Å². The molecule has 0 radical (unpaired) electrons. The van der Waals surface area contributed by atoms with Gasteiger partial charge < -0.3 is 9.64 Å². The minimum atomic E-state index is -0.344. The largest absolute Gasteiger partial charge is 0.486 e. The van der Waals surface area contributed by atoms with Crippen LogP contribution in [0.4, 0.5) is 0 Å². The van der Waals surface area contributed by atoms with Crippen LogP contribution < -0.4 is 4.74 Å². The van der Waals surface area contributed by atoms with E-state index in [0.29, 0.717) is 27.9 Å². The van der Waals surface area contributed by atoms with Gasteiger partial charge in [0.2, 0.25) is 0 Å². The van der Waals surface area contributed by atoms with Gasteiger partial charge in [-0.1, -0.05) is 23.2 Å². The number of fused-ring (bicyclic) bond motifs is 1. The molecular weight excluding hydrogens is 483 g/mol. The molecule has 0 unspecified atom stereocenters. The van der Waals surface area contributed by atoms with Crippen LogP contribution in [0.2, 0.25) is 10.0 Å². The molecule has 1 aliphatic heterocycles. The summed E-state index contributed by atoms with van der Waals surface area (Å²) in [4.78, 5) is 6.74. The van der Waals surface area contributed by atoms with Crippen molar-refractivity contribution in [2.45, 2.75) is 58.7 Å². The predicted octanol–water partition coefficient (Wildman–Crippen LogP) is 6.62. The quantitative estimate of drug-likeness (QED) is 0.314. The molecule has 7 nitrogen and oxygen atoms in total. The van der Waals surface area contributed by atoms with Gasteiger partial charge in [0.15, 0.2) is 0 Å². The van der Waals surface area contributed by atoms with E-state index in [1.807, 2.05) is 38.2 Å². The number of H-pyrrole nitrogens is 1. The number of pyridine rings is 1. The van der Waals surface area contributed by atoms with Gasteiger partial charge in [0.1, 0.15) is 17.5 Å². The van der Waals surface area contributed by atoms with Gasteiger partial charge in [-0.15, -0.1) is 0 Å². The van der Waals surface area contributed by atoms with Gasteiger partial charge in [0.25, 0.3) is 0 Å². The fourth-order valence-corrected chi connectivity index (χ4v) is 5.48. The molecule has 1 aromatic carbocycles. The number of nitrogens with zero attached hydrogens (tertiary/aromatic N) is 5. The molecule has 1 aliphatic rings. The third-order valence-corrected chi connectivity index (χ3v) is 7.69. The molecular formula is C26H30Cl2N6O.